The quantitative estimate of drug-likeness (QED) is 0.472. The zero-order valence-electron chi connectivity index (χ0n) is 11.3. The second kappa shape index (κ2) is 16.4. The molecule has 2 unspecified atom stereocenters. The molecule has 0 aromatic carbocycles. The number of carboxylic acid groups (broad SMARTS) is 4. The fourth-order valence-corrected chi connectivity index (χ4v) is 1.34. The minimum Gasteiger partial charge on any atom is -0.450 e. The van der Waals surface area contributed by atoms with E-state index in [2.05, 4.69) is 6.92 Å². The number of halogens is 1. The molecule has 0 radical (unpaired) electrons. The van der Waals surface area contributed by atoms with Crippen molar-refractivity contribution in [2.45, 2.75) is 45.6 Å². The third-order valence-electron chi connectivity index (χ3n) is 1.85. The highest BCUT2D eigenvalue weighted by Crippen LogP contribution is 2.12. The Morgan fingerprint density at radius 1 is 1.05 bits per heavy atom. The van der Waals surface area contributed by atoms with E-state index in [4.69, 9.17) is 35.7 Å². The predicted octanol–water partition coefficient (Wildman–Crippen LogP) is 2.94. The summed E-state index contributed by atoms with van der Waals surface area (Å²) >= 11 is 0. The lowest BCUT2D eigenvalue weighted by atomic mass is 9.97. The van der Waals surface area contributed by atoms with Crippen LogP contribution in [0.1, 0.15) is 39.5 Å². The van der Waals surface area contributed by atoms with E-state index < -0.39 is 12.3 Å². The Labute approximate surface area is 111 Å². The van der Waals surface area contributed by atoms with Crippen LogP contribution in [0.4, 0.5) is 14.0 Å². The maximum atomic E-state index is 11.7. The number of unbranched alkanes of at least 4 members (excludes halogenated alkanes) is 1. The molecule has 0 heterocycles. The van der Waals surface area contributed by atoms with Gasteiger partial charge < -0.3 is 26.2 Å². The molecule has 0 aliphatic rings. The second-order valence-electron chi connectivity index (χ2n) is 4.07. The Morgan fingerprint density at radius 3 is 1.68 bits per heavy atom. The standard InChI is InChI=1S/C9H20FN.2CH2O3/c1-8(7-9(2)11)5-3-4-6-10;2*2-1(3)4/h8-9H,3-7,11H2,1-2H3;2*(H2,2,3,4). The van der Waals surface area contributed by atoms with Crippen LogP contribution in [0.2, 0.25) is 0 Å². The van der Waals surface area contributed by atoms with Crippen molar-refractivity contribution in [1.29, 1.82) is 0 Å². The van der Waals surface area contributed by atoms with E-state index in [0.717, 1.165) is 19.3 Å². The van der Waals surface area contributed by atoms with E-state index in [9.17, 15) is 4.39 Å². The SMILES string of the molecule is CC(N)CC(C)CCCCF.O=C(O)O.O=C(O)O. The lowest BCUT2D eigenvalue weighted by Gasteiger charge is -2.12. The molecule has 0 bridgehead atoms. The van der Waals surface area contributed by atoms with Gasteiger partial charge in [-0.1, -0.05) is 19.8 Å². The second-order valence-corrected chi connectivity index (χ2v) is 4.07. The van der Waals surface area contributed by atoms with E-state index in [1.54, 1.807) is 0 Å². The Hall–Kier alpha value is -1.57. The third-order valence-corrected chi connectivity index (χ3v) is 1.85. The van der Waals surface area contributed by atoms with Crippen LogP contribution < -0.4 is 5.73 Å². The molecule has 116 valence electrons. The number of nitrogens with two attached hydrogens (primary N) is 1. The van der Waals surface area contributed by atoms with E-state index in [1.807, 2.05) is 6.92 Å². The highest BCUT2D eigenvalue weighted by Gasteiger charge is 2.04. The van der Waals surface area contributed by atoms with Crippen molar-refractivity contribution in [3.63, 3.8) is 0 Å². The van der Waals surface area contributed by atoms with Crippen LogP contribution in [0.15, 0.2) is 0 Å². The molecule has 2 atom stereocenters. The van der Waals surface area contributed by atoms with Crippen molar-refractivity contribution in [2.75, 3.05) is 6.67 Å². The fourth-order valence-electron chi connectivity index (χ4n) is 1.34. The summed E-state index contributed by atoms with van der Waals surface area (Å²) in [6.45, 7) is 4.03. The molecular weight excluding hydrogens is 261 g/mol. The Kier molecular flexibility index (Phi) is 19.5. The molecule has 0 rings (SSSR count). The summed E-state index contributed by atoms with van der Waals surface area (Å²) in [7, 11) is 0. The van der Waals surface area contributed by atoms with Gasteiger partial charge in [0, 0.05) is 6.04 Å². The molecule has 0 saturated carbocycles. The van der Waals surface area contributed by atoms with Crippen LogP contribution in [0.5, 0.6) is 0 Å². The molecule has 0 spiro atoms. The molecule has 0 aliphatic carbocycles. The molecule has 19 heavy (non-hydrogen) atoms. The van der Waals surface area contributed by atoms with Gasteiger partial charge >= 0.3 is 12.3 Å². The largest absolute Gasteiger partial charge is 0.503 e. The molecule has 0 aromatic rings. The van der Waals surface area contributed by atoms with Gasteiger partial charge in [0.2, 0.25) is 0 Å². The zero-order valence-corrected chi connectivity index (χ0v) is 11.3. The predicted molar refractivity (Wildman–Crippen MR) is 68.6 cm³/mol. The van der Waals surface area contributed by atoms with Crippen LogP contribution in [0, 0.1) is 5.92 Å². The molecule has 8 heteroatoms. The fraction of sp³-hybridized carbons (Fsp3) is 0.818. The number of hydrogen-bond acceptors (Lipinski definition) is 3. The molecule has 7 nitrogen and oxygen atoms in total. The van der Waals surface area contributed by atoms with E-state index in [-0.39, 0.29) is 12.7 Å². The first-order valence-electron chi connectivity index (χ1n) is 5.78. The first-order chi connectivity index (χ1) is 8.63. The Balaban J connectivity index is -0.000000264. The zero-order chi connectivity index (χ0) is 15.8. The van der Waals surface area contributed by atoms with Gasteiger partial charge in [-0.2, -0.15) is 0 Å². The van der Waals surface area contributed by atoms with E-state index in [0.29, 0.717) is 12.3 Å². The minimum absolute atomic E-state index is 0.176. The lowest BCUT2D eigenvalue weighted by molar-refractivity contribution is 0.135. The van der Waals surface area contributed by atoms with Gasteiger partial charge in [0.15, 0.2) is 0 Å². The molecule has 0 saturated heterocycles. The summed E-state index contributed by atoms with van der Waals surface area (Å²) < 4.78 is 11.7. The number of rotatable bonds is 6. The molecule has 0 aliphatic heterocycles. The van der Waals surface area contributed by atoms with E-state index in [1.165, 1.54) is 0 Å². The molecule has 0 amide bonds. The van der Waals surface area contributed by atoms with Crippen molar-refractivity contribution < 1.29 is 34.4 Å². The normalized spacial score (nSPS) is 12.0. The number of carbonyl (C=O) groups is 2. The third kappa shape index (κ3) is 62.0. The van der Waals surface area contributed by atoms with Gasteiger partial charge in [-0.15, -0.1) is 0 Å². The topological polar surface area (TPSA) is 141 Å². The molecule has 0 fully saturated rings. The summed E-state index contributed by atoms with van der Waals surface area (Å²) in [5.74, 6) is 0.654. The van der Waals surface area contributed by atoms with Crippen molar-refractivity contribution in [1.82, 2.24) is 0 Å². The van der Waals surface area contributed by atoms with Gasteiger partial charge in [-0.3, -0.25) is 4.39 Å². The number of alkyl halides is 1. The average molecular weight is 285 g/mol. The maximum absolute atomic E-state index is 11.7. The summed E-state index contributed by atoms with van der Waals surface area (Å²) in [6.07, 6.45) is 0.228. The van der Waals surface area contributed by atoms with Crippen molar-refractivity contribution >= 4 is 12.3 Å². The molecule has 6 N–H and O–H groups in total. The van der Waals surface area contributed by atoms with Crippen molar-refractivity contribution in [3.05, 3.63) is 0 Å². The first-order valence-corrected chi connectivity index (χ1v) is 5.78. The van der Waals surface area contributed by atoms with Crippen molar-refractivity contribution in [2.24, 2.45) is 11.7 Å². The first kappa shape index (κ1) is 22.6. The van der Waals surface area contributed by atoms with Crippen molar-refractivity contribution in [3.8, 4) is 0 Å². The van der Waals surface area contributed by atoms with E-state index >= 15 is 0 Å². The van der Waals surface area contributed by atoms with Gasteiger partial charge in [-0.05, 0) is 25.7 Å². The highest BCUT2D eigenvalue weighted by atomic mass is 19.1. The van der Waals surface area contributed by atoms with Gasteiger partial charge in [-0.25, -0.2) is 9.59 Å². The van der Waals surface area contributed by atoms with Crippen LogP contribution in [0.25, 0.3) is 0 Å². The van der Waals surface area contributed by atoms with Crippen LogP contribution in [-0.4, -0.2) is 45.5 Å². The monoisotopic (exact) mass is 285 g/mol. The molecule has 0 aromatic heterocycles. The smallest absolute Gasteiger partial charge is 0.450 e. The van der Waals surface area contributed by atoms with Gasteiger partial charge in [0.1, 0.15) is 0 Å². The average Bonchev–Trinajstić information content (AvgIpc) is 2.14. The highest BCUT2D eigenvalue weighted by molar-refractivity contribution is 5.53. The summed E-state index contributed by atoms with van der Waals surface area (Å²) in [5.41, 5.74) is 5.62. The summed E-state index contributed by atoms with van der Waals surface area (Å²) in [4.78, 5) is 17.1. The maximum Gasteiger partial charge on any atom is 0.503 e. The summed E-state index contributed by atoms with van der Waals surface area (Å²) in [6, 6.07) is 0.287. The van der Waals surface area contributed by atoms with Crippen LogP contribution >= 0.6 is 0 Å². The Bertz CT molecular complexity index is 205. The number of hydrogen-bond donors (Lipinski definition) is 5. The summed E-state index contributed by atoms with van der Waals surface area (Å²) in [5, 5.41) is 27.9. The van der Waals surface area contributed by atoms with Gasteiger partial charge in [0.05, 0.1) is 6.67 Å². The van der Waals surface area contributed by atoms with Crippen LogP contribution in [0.3, 0.4) is 0 Å². The minimum atomic E-state index is -1.83. The molecular formula is C11H24FNO6. The van der Waals surface area contributed by atoms with Crippen LogP contribution in [-0.2, 0) is 0 Å². The lowest BCUT2D eigenvalue weighted by Crippen LogP contribution is -2.18. The Morgan fingerprint density at radius 2 is 1.42 bits per heavy atom. The van der Waals surface area contributed by atoms with Gasteiger partial charge in [0.25, 0.3) is 0 Å².